The van der Waals surface area contributed by atoms with Gasteiger partial charge in [0.1, 0.15) is 66.5 Å². The molecule has 12 amide bonds. The quantitative estimate of drug-likeness (QED) is 0.0461. The number of amides is 12. The van der Waals surface area contributed by atoms with Crippen molar-refractivity contribution in [2.75, 3.05) is 13.1 Å². The molecule has 2 aliphatic rings. The number of nitrogens with two attached hydrogens (primary N) is 1. The van der Waals surface area contributed by atoms with E-state index in [-0.39, 0.29) is 43.7 Å². The van der Waals surface area contributed by atoms with E-state index >= 15 is 0 Å². The van der Waals surface area contributed by atoms with E-state index in [4.69, 9.17) is 5.73 Å². The average Bonchev–Trinajstić information content (AvgIpc) is 4.00. The lowest BCUT2D eigenvalue weighted by atomic mass is 10.00. The van der Waals surface area contributed by atoms with Crippen molar-refractivity contribution in [1.29, 1.82) is 0 Å². The molecule has 24 nitrogen and oxygen atoms in total. The Morgan fingerprint density at radius 3 is 1.14 bits per heavy atom. The zero-order valence-corrected chi connectivity index (χ0v) is 45.9. The predicted octanol–water partition coefficient (Wildman–Crippen LogP) is -1.27. The number of hydrogen-bond acceptors (Lipinski definition) is 12. The smallest absolute Gasteiger partial charge is 0.245 e. The van der Waals surface area contributed by atoms with Crippen LogP contribution in [-0.4, -0.2) is 160 Å². The highest BCUT2D eigenvalue weighted by molar-refractivity contribution is 5.99. The fourth-order valence-corrected chi connectivity index (χ4v) is 8.75. The van der Waals surface area contributed by atoms with Crippen LogP contribution in [0.15, 0.2) is 0 Å². The van der Waals surface area contributed by atoms with E-state index in [1.165, 1.54) is 51.3 Å². The summed E-state index contributed by atoms with van der Waals surface area (Å²) in [6.45, 7) is 23.4. The lowest BCUT2D eigenvalue weighted by Gasteiger charge is -2.30. The molecule has 2 aliphatic heterocycles. The molecule has 0 radical (unpaired) electrons. The Hall–Kier alpha value is -6.36. The molecule has 0 aliphatic carbocycles. The first-order valence-corrected chi connectivity index (χ1v) is 26.0. The van der Waals surface area contributed by atoms with Gasteiger partial charge in [-0.15, -0.1) is 0 Å². The second kappa shape index (κ2) is 29.5. The van der Waals surface area contributed by atoms with Crippen LogP contribution in [0.4, 0.5) is 0 Å². The van der Waals surface area contributed by atoms with Gasteiger partial charge in [0, 0.05) is 20.0 Å². The molecular weight excluding hydrogens is 961 g/mol. The van der Waals surface area contributed by atoms with Crippen molar-refractivity contribution >= 4 is 70.9 Å². The number of nitrogens with one attached hydrogen (secondary N) is 9. The summed E-state index contributed by atoms with van der Waals surface area (Å²) in [7, 11) is 0. The Balaban J connectivity index is 2.02. The Morgan fingerprint density at radius 1 is 0.419 bits per heavy atom. The molecule has 0 spiro atoms. The third-order valence-electron chi connectivity index (χ3n) is 12.7. The molecule has 74 heavy (non-hydrogen) atoms. The highest BCUT2D eigenvalue weighted by atomic mass is 16.2. The van der Waals surface area contributed by atoms with E-state index in [1.807, 2.05) is 41.5 Å². The number of likely N-dealkylation sites (tertiary alicyclic amines) is 2. The molecule has 2 rings (SSSR count). The van der Waals surface area contributed by atoms with Crippen LogP contribution >= 0.6 is 0 Å². The maximum absolute atomic E-state index is 13.8. The van der Waals surface area contributed by atoms with Gasteiger partial charge in [0.2, 0.25) is 70.9 Å². The molecule has 0 aromatic rings. The topological polar surface area (TPSA) is 346 Å². The van der Waals surface area contributed by atoms with E-state index in [1.54, 1.807) is 13.8 Å². The van der Waals surface area contributed by atoms with Crippen molar-refractivity contribution in [2.24, 2.45) is 29.4 Å². The molecule has 418 valence electrons. The molecule has 0 unspecified atom stereocenters. The van der Waals surface area contributed by atoms with E-state index in [0.717, 1.165) is 0 Å². The van der Waals surface area contributed by atoms with E-state index in [9.17, 15) is 57.5 Å². The number of primary amides is 1. The third-order valence-corrected chi connectivity index (χ3v) is 12.7. The summed E-state index contributed by atoms with van der Waals surface area (Å²) in [4.78, 5) is 161. The first kappa shape index (κ1) is 63.8. The summed E-state index contributed by atoms with van der Waals surface area (Å²) < 4.78 is 0. The van der Waals surface area contributed by atoms with Crippen molar-refractivity contribution in [3.05, 3.63) is 0 Å². The second-order valence-electron chi connectivity index (χ2n) is 21.4. The van der Waals surface area contributed by atoms with E-state index in [2.05, 4.69) is 47.9 Å². The zero-order valence-electron chi connectivity index (χ0n) is 45.9. The lowest BCUT2D eigenvalue weighted by Crippen LogP contribution is -2.59. The number of carbonyl (C=O) groups excluding carboxylic acids is 12. The Labute approximate surface area is 435 Å². The molecule has 0 bridgehead atoms. The van der Waals surface area contributed by atoms with Crippen LogP contribution < -0.4 is 53.6 Å². The van der Waals surface area contributed by atoms with Crippen molar-refractivity contribution in [1.82, 2.24) is 57.7 Å². The summed E-state index contributed by atoms with van der Waals surface area (Å²) in [6, 6.07) is -11.6. The van der Waals surface area contributed by atoms with Gasteiger partial charge in [0.05, 0.1) is 0 Å². The highest BCUT2D eigenvalue weighted by Crippen LogP contribution is 2.21. The SMILES string of the molecule is CC(=O)N[C@@H](CC(C)C)C(=O)N[C@@H](C)C(=O)N1CCC[C@H]1C(=O)N[C@@H](C)C(=O)N[C@@H](CC(C)C)C(=O)N[C@@H](C)C(=O)N1CCC[C@H]1C(=O)N[C@@H](C)C(=O)N[C@@H](C)C(=O)N[C@H](C(=O)N[C@@H](CC(C)C)C(N)=O)C(C)C. The predicted molar refractivity (Wildman–Crippen MR) is 273 cm³/mol. The molecule has 0 saturated carbocycles. The third kappa shape index (κ3) is 19.8. The van der Waals surface area contributed by atoms with Crippen LogP contribution in [0.2, 0.25) is 0 Å². The number of nitrogens with zero attached hydrogens (tertiary/aromatic N) is 2. The summed E-state index contributed by atoms with van der Waals surface area (Å²) in [6.07, 6.45) is 2.31. The summed E-state index contributed by atoms with van der Waals surface area (Å²) in [5.74, 6) is -7.78. The van der Waals surface area contributed by atoms with Crippen LogP contribution in [0.3, 0.4) is 0 Å². The monoisotopic (exact) mass is 1050 g/mol. The normalized spacial score (nSPS) is 19.2. The van der Waals surface area contributed by atoms with E-state index < -0.39 is 143 Å². The summed E-state index contributed by atoms with van der Waals surface area (Å²) >= 11 is 0. The van der Waals surface area contributed by atoms with E-state index in [0.29, 0.717) is 32.1 Å². The Morgan fingerprint density at radius 2 is 0.757 bits per heavy atom. The second-order valence-corrected chi connectivity index (χ2v) is 21.4. The Bertz CT molecular complexity index is 2050. The summed E-state index contributed by atoms with van der Waals surface area (Å²) in [5.41, 5.74) is 5.48. The van der Waals surface area contributed by atoms with Gasteiger partial charge < -0.3 is 63.4 Å². The number of carbonyl (C=O) groups is 12. The minimum absolute atomic E-state index is 0.0510. The maximum atomic E-state index is 13.8. The van der Waals surface area contributed by atoms with Crippen LogP contribution in [0.5, 0.6) is 0 Å². The van der Waals surface area contributed by atoms with Gasteiger partial charge in [-0.1, -0.05) is 55.4 Å². The van der Waals surface area contributed by atoms with Crippen LogP contribution in [0, 0.1) is 23.7 Å². The van der Waals surface area contributed by atoms with Crippen LogP contribution in [0.25, 0.3) is 0 Å². The molecule has 0 aromatic carbocycles. The van der Waals surface area contributed by atoms with Gasteiger partial charge in [0.15, 0.2) is 0 Å². The van der Waals surface area contributed by atoms with Crippen LogP contribution in [-0.2, 0) is 57.5 Å². The molecule has 24 heteroatoms. The van der Waals surface area contributed by atoms with Gasteiger partial charge in [-0.3, -0.25) is 57.5 Å². The lowest BCUT2D eigenvalue weighted by molar-refractivity contribution is -0.142. The van der Waals surface area contributed by atoms with Crippen LogP contribution in [0.1, 0.15) is 142 Å². The summed E-state index contributed by atoms with van der Waals surface area (Å²) in [5, 5.41) is 23.6. The van der Waals surface area contributed by atoms with Gasteiger partial charge >= 0.3 is 0 Å². The van der Waals surface area contributed by atoms with Gasteiger partial charge in [-0.2, -0.15) is 0 Å². The minimum atomic E-state index is -1.16. The molecule has 0 aromatic heterocycles. The maximum Gasteiger partial charge on any atom is 0.245 e. The van der Waals surface area contributed by atoms with Crippen molar-refractivity contribution in [3.8, 4) is 0 Å². The first-order chi connectivity index (χ1) is 34.4. The fraction of sp³-hybridized carbons (Fsp3) is 0.760. The van der Waals surface area contributed by atoms with Gasteiger partial charge in [0.25, 0.3) is 0 Å². The molecule has 2 saturated heterocycles. The van der Waals surface area contributed by atoms with Crippen molar-refractivity contribution in [3.63, 3.8) is 0 Å². The standard InChI is InChI=1S/C50H86N12O12/c1-24(2)21-34(40(51)64)58-48(72)39(27(7)8)60-43(67)30(11)52-41(65)28(9)53-46(70)37-17-15-19-61(37)50(74)32(13)56-45(69)36(23-26(5)6)59-42(66)29(10)54-47(71)38-18-16-20-62(38)49(73)31(12)55-44(68)35(22-25(3)4)57-33(14)63/h24-32,34-39H,15-23H2,1-14H3,(H2,51,64)(H,52,65)(H,53,70)(H,54,71)(H,55,68)(H,56,69)(H,57,63)(H,58,72)(H,59,66)(H,60,67)/t28-,29-,30-,31-,32-,34-,35-,36-,37-,38-,39-/m0/s1. The molecule has 2 fully saturated rings. The van der Waals surface area contributed by atoms with Gasteiger partial charge in [-0.25, -0.2) is 0 Å². The average molecular weight is 1050 g/mol. The number of rotatable bonds is 27. The first-order valence-electron chi connectivity index (χ1n) is 26.0. The van der Waals surface area contributed by atoms with Crippen molar-refractivity contribution in [2.45, 2.75) is 208 Å². The van der Waals surface area contributed by atoms with Gasteiger partial charge in [-0.05, 0) is 103 Å². The highest BCUT2D eigenvalue weighted by Gasteiger charge is 2.40. The minimum Gasteiger partial charge on any atom is -0.368 e. The Kier molecular flexibility index (Phi) is 25.4. The molecule has 2 heterocycles. The fourth-order valence-electron chi connectivity index (χ4n) is 8.75. The molecule has 11 atom stereocenters. The molecular formula is C50H86N12O12. The number of hydrogen-bond donors (Lipinski definition) is 10. The molecule has 11 N–H and O–H groups in total. The largest absolute Gasteiger partial charge is 0.368 e. The zero-order chi connectivity index (χ0) is 56.5. The van der Waals surface area contributed by atoms with Crippen molar-refractivity contribution < 1.29 is 57.5 Å².